The minimum absolute atomic E-state index is 0.230. The Hall–Kier alpha value is -1.23. The van der Waals surface area contributed by atoms with E-state index in [4.69, 9.17) is 0 Å². The highest BCUT2D eigenvalue weighted by molar-refractivity contribution is 5.45. The van der Waals surface area contributed by atoms with Crippen LogP contribution >= 0.6 is 0 Å². The first kappa shape index (κ1) is 11.8. The lowest BCUT2D eigenvalue weighted by atomic mass is 9.94. The Morgan fingerprint density at radius 3 is 2.44 bits per heavy atom. The Balaban J connectivity index is 1.76. The Morgan fingerprint density at radius 2 is 1.72 bits per heavy atom. The third kappa shape index (κ3) is 2.07. The van der Waals surface area contributed by atoms with Gasteiger partial charge in [0.25, 0.3) is 0 Å². The summed E-state index contributed by atoms with van der Waals surface area (Å²) in [6.45, 7) is 3.17. The molecule has 0 amide bonds. The molecule has 2 nitrogen and oxygen atoms in total. The van der Waals surface area contributed by atoms with Crippen LogP contribution in [-0.2, 0) is 0 Å². The van der Waals surface area contributed by atoms with Gasteiger partial charge >= 0.3 is 0 Å². The molecule has 3 rings (SSSR count). The molecule has 1 aromatic rings. The normalized spacial score (nSPS) is 30.5. The van der Waals surface area contributed by atoms with E-state index < -0.39 is 17.5 Å². The van der Waals surface area contributed by atoms with Crippen LogP contribution in [0.5, 0.6) is 0 Å². The van der Waals surface area contributed by atoms with E-state index >= 15 is 0 Å². The van der Waals surface area contributed by atoms with Gasteiger partial charge in [-0.3, -0.25) is 0 Å². The largest absolute Gasteiger partial charge is 0.382 e. The molecule has 2 heterocycles. The molecule has 2 fully saturated rings. The summed E-state index contributed by atoms with van der Waals surface area (Å²) in [5, 5.41) is 3.14. The van der Waals surface area contributed by atoms with E-state index in [9.17, 15) is 13.2 Å². The van der Waals surface area contributed by atoms with Gasteiger partial charge in [0.1, 0.15) is 0 Å². The van der Waals surface area contributed by atoms with Crippen LogP contribution in [0.4, 0.5) is 18.9 Å². The van der Waals surface area contributed by atoms with Crippen LogP contribution in [0, 0.1) is 23.4 Å². The predicted molar refractivity (Wildman–Crippen MR) is 62.9 cm³/mol. The van der Waals surface area contributed by atoms with E-state index in [1.807, 2.05) is 0 Å². The van der Waals surface area contributed by atoms with Crippen LogP contribution in [0.15, 0.2) is 12.1 Å². The number of halogens is 3. The van der Waals surface area contributed by atoms with Crippen LogP contribution in [0.2, 0.25) is 0 Å². The summed E-state index contributed by atoms with van der Waals surface area (Å²) < 4.78 is 39.1. The quantitative estimate of drug-likeness (QED) is 0.818. The lowest BCUT2D eigenvalue weighted by Crippen LogP contribution is -2.39. The molecule has 2 aliphatic heterocycles. The van der Waals surface area contributed by atoms with Gasteiger partial charge in [-0.2, -0.15) is 0 Å². The molecule has 5 heteroatoms. The predicted octanol–water partition coefficient (Wildman–Crippen LogP) is 2.61. The van der Waals surface area contributed by atoms with Gasteiger partial charge in [-0.05, 0) is 25.3 Å². The van der Waals surface area contributed by atoms with Crippen molar-refractivity contribution in [3.05, 3.63) is 29.6 Å². The maximum absolute atomic E-state index is 13.1. The Labute approximate surface area is 104 Å². The molecule has 3 atom stereocenters. The van der Waals surface area contributed by atoms with Crippen LogP contribution < -0.4 is 5.32 Å². The van der Waals surface area contributed by atoms with E-state index in [1.165, 1.54) is 0 Å². The highest BCUT2D eigenvalue weighted by Gasteiger charge is 2.34. The van der Waals surface area contributed by atoms with Crippen LogP contribution in [0.3, 0.4) is 0 Å². The van der Waals surface area contributed by atoms with Gasteiger partial charge < -0.3 is 10.2 Å². The van der Waals surface area contributed by atoms with Gasteiger partial charge in [0.2, 0.25) is 0 Å². The van der Waals surface area contributed by atoms with Crippen molar-refractivity contribution in [2.75, 3.05) is 25.0 Å². The van der Waals surface area contributed by atoms with E-state index in [1.54, 1.807) is 0 Å². The summed E-state index contributed by atoms with van der Waals surface area (Å²) in [7, 11) is 0. The van der Waals surface area contributed by atoms with Crippen molar-refractivity contribution >= 4 is 5.69 Å². The molecule has 0 aliphatic carbocycles. The average molecular weight is 256 g/mol. The zero-order valence-electron chi connectivity index (χ0n) is 9.93. The smallest absolute Gasteiger partial charge is 0.194 e. The SMILES string of the molecule is Fc1cc(NC2CCN3CCC2C3)cc(F)c1F. The first-order valence-electron chi connectivity index (χ1n) is 6.27. The first-order valence-corrected chi connectivity index (χ1v) is 6.27. The van der Waals surface area contributed by atoms with E-state index in [-0.39, 0.29) is 6.04 Å². The van der Waals surface area contributed by atoms with Crippen LogP contribution in [0.1, 0.15) is 12.8 Å². The third-order valence-electron chi connectivity index (χ3n) is 3.97. The standard InChI is InChI=1S/C13H15F3N2/c14-10-5-9(6-11(15)13(10)16)17-12-2-4-18-3-1-8(12)7-18/h5-6,8,12,17H,1-4,7H2. The van der Waals surface area contributed by atoms with Gasteiger partial charge in [0, 0.05) is 37.0 Å². The number of nitrogens with zero attached hydrogens (tertiary/aromatic N) is 1. The van der Waals surface area contributed by atoms with E-state index in [0.29, 0.717) is 11.6 Å². The number of rotatable bonds is 2. The summed E-state index contributed by atoms with van der Waals surface area (Å²) in [5.41, 5.74) is 0.330. The second-order valence-corrected chi connectivity index (χ2v) is 5.14. The topological polar surface area (TPSA) is 15.3 Å². The molecule has 2 aliphatic rings. The van der Waals surface area contributed by atoms with Crippen molar-refractivity contribution < 1.29 is 13.2 Å². The fraction of sp³-hybridized carbons (Fsp3) is 0.538. The Kier molecular flexibility index (Phi) is 2.93. The minimum Gasteiger partial charge on any atom is -0.382 e. The number of benzene rings is 1. The Morgan fingerprint density at radius 1 is 1.06 bits per heavy atom. The highest BCUT2D eigenvalue weighted by Crippen LogP contribution is 2.30. The fourth-order valence-electron chi connectivity index (χ4n) is 2.99. The molecule has 98 valence electrons. The molecular weight excluding hydrogens is 241 g/mol. The summed E-state index contributed by atoms with van der Waals surface area (Å²) in [6.07, 6.45) is 2.08. The number of piperidine rings is 1. The van der Waals surface area contributed by atoms with Crippen molar-refractivity contribution in [1.82, 2.24) is 4.90 Å². The molecule has 2 saturated heterocycles. The second-order valence-electron chi connectivity index (χ2n) is 5.14. The maximum atomic E-state index is 13.1. The van der Waals surface area contributed by atoms with Crippen molar-refractivity contribution in [2.45, 2.75) is 18.9 Å². The van der Waals surface area contributed by atoms with Crippen molar-refractivity contribution in [1.29, 1.82) is 0 Å². The summed E-state index contributed by atoms with van der Waals surface area (Å²) >= 11 is 0. The first-order chi connectivity index (χ1) is 8.63. The molecule has 0 aromatic heterocycles. The Bertz CT molecular complexity index is 441. The maximum Gasteiger partial charge on any atom is 0.194 e. The number of anilines is 1. The molecule has 2 bridgehead atoms. The minimum atomic E-state index is -1.41. The fourth-order valence-corrected chi connectivity index (χ4v) is 2.99. The lowest BCUT2D eigenvalue weighted by Gasteiger charge is -2.31. The number of fused-ring (bicyclic) bond motifs is 2. The number of hydrogen-bond donors (Lipinski definition) is 1. The van der Waals surface area contributed by atoms with Gasteiger partial charge in [0.15, 0.2) is 17.5 Å². The average Bonchev–Trinajstić information content (AvgIpc) is 2.73. The van der Waals surface area contributed by atoms with Crippen LogP contribution in [-0.4, -0.2) is 30.6 Å². The van der Waals surface area contributed by atoms with Crippen molar-refractivity contribution in [2.24, 2.45) is 5.92 Å². The molecule has 0 radical (unpaired) electrons. The van der Waals surface area contributed by atoms with E-state index in [0.717, 1.165) is 44.6 Å². The summed E-state index contributed by atoms with van der Waals surface area (Å²) in [4.78, 5) is 2.40. The summed E-state index contributed by atoms with van der Waals surface area (Å²) in [6, 6.07) is 2.28. The lowest BCUT2D eigenvalue weighted by molar-refractivity contribution is 0.255. The molecule has 3 unspecified atom stereocenters. The number of nitrogens with one attached hydrogen (secondary N) is 1. The highest BCUT2D eigenvalue weighted by atomic mass is 19.2. The zero-order chi connectivity index (χ0) is 12.7. The third-order valence-corrected chi connectivity index (χ3v) is 3.97. The van der Waals surface area contributed by atoms with Crippen molar-refractivity contribution in [3.8, 4) is 0 Å². The van der Waals surface area contributed by atoms with Gasteiger partial charge in [-0.25, -0.2) is 13.2 Å². The summed E-state index contributed by atoms with van der Waals surface area (Å²) in [5.74, 6) is -3.16. The molecule has 1 aromatic carbocycles. The molecular formula is C13H15F3N2. The van der Waals surface area contributed by atoms with Gasteiger partial charge in [-0.15, -0.1) is 0 Å². The molecule has 1 N–H and O–H groups in total. The molecule has 18 heavy (non-hydrogen) atoms. The zero-order valence-corrected chi connectivity index (χ0v) is 9.93. The monoisotopic (exact) mass is 256 g/mol. The van der Waals surface area contributed by atoms with Crippen molar-refractivity contribution in [3.63, 3.8) is 0 Å². The molecule has 0 saturated carbocycles. The van der Waals surface area contributed by atoms with Crippen LogP contribution in [0.25, 0.3) is 0 Å². The van der Waals surface area contributed by atoms with E-state index in [2.05, 4.69) is 10.2 Å². The second kappa shape index (κ2) is 4.46. The van der Waals surface area contributed by atoms with Gasteiger partial charge in [0.05, 0.1) is 0 Å². The number of hydrogen-bond acceptors (Lipinski definition) is 2. The van der Waals surface area contributed by atoms with Gasteiger partial charge in [-0.1, -0.05) is 0 Å². The molecule has 0 spiro atoms.